The van der Waals surface area contributed by atoms with Gasteiger partial charge < -0.3 is 25.8 Å². The first-order valence-electron chi connectivity index (χ1n) is 5.67. The van der Waals surface area contributed by atoms with Crippen molar-refractivity contribution in [1.82, 2.24) is 10.6 Å². The van der Waals surface area contributed by atoms with E-state index in [9.17, 15) is 4.79 Å². The Morgan fingerprint density at radius 3 is 2.31 bits per heavy atom. The molecule has 0 rings (SSSR count). The molecule has 6 heteroatoms. The van der Waals surface area contributed by atoms with E-state index in [1.165, 1.54) is 0 Å². The standard InChI is InChI=1S/C10H23N3O3/c1-3-15-9(16-4-2)5-6-12-7-8-13-10(11)14/h9,12H,3-8H2,1-2H3,(H3,11,13,14). The number of nitrogens with two attached hydrogens (primary N) is 1. The van der Waals surface area contributed by atoms with E-state index in [4.69, 9.17) is 15.2 Å². The second kappa shape index (κ2) is 10.7. The van der Waals surface area contributed by atoms with Crippen molar-refractivity contribution in [3.63, 3.8) is 0 Å². The number of ether oxygens (including phenoxy) is 2. The minimum atomic E-state index is -0.497. The molecule has 0 aliphatic heterocycles. The molecule has 0 saturated heterocycles. The summed E-state index contributed by atoms with van der Waals surface area (Å²) in [5.74, 6) is 0. The van der Waals surface area contributed by atoms with Gasteiger partial charge in [-0.1, -0.05) is 0 Å². The fourth-order valence-corrected chi connectivity index (χ4v) is 1.21. The van der Waals surface area contributed by atoms with Gasteiger partial charge in [0.15, 0.2) is 6.29 Å². The lowest BCUT2D eigenvalue weighted by Gasteiger charge is -2.16. The van der Waals surface area contributed by atoms with Crippen molar-refractivity contribution in [2.45, 2.75) is 26.6 Å². The Morgan fingerprint density at radius 2 is 1.81 bits per heavy atom. The van der Waals surface area contributed by atoms with Crippen LogP contribution in [0.1, 0.15) is 20.3 Å². The van der Waals surface area contributed by atoms with Gasteiger partial charge in [0.25, 0.3) is 0 Å². The molecule has 0 aliphatic rings. The van der Waals surface area contributed by atoms with E-state index in [1.54, 1.807) is 0 Å². The van der Waals surface area contributed by atoms with E-state index < -0.39 is 6.03 Å². The molecule has 0 saturated carbocycles. The highest BCUT2D eigenvalue weighted by Crippen LogP contribution is 1.99. The second-order valence-corrected chi connectivity index (χ2v) is 3.17. The quantitative estimate of drug-likeness (QED) is 0.367. The average molecular weight is 233 g/mol. The number of carbonyl (C=O) groups is 1. The number of hydrogen-bond donors (Lipinski definition) is 3. The molecule has 16 heavy (non-hydrogen) atoms. The predicted octanol–water partition coefficient (Wildman–Crippen LogP) is 0.0335. The maximum atomic E-state index is 10.4. The van der Waals surface area contributed by atoms with Gasteiger partial charge in [-0.3, -0.25) is 0 Å². The fraction of sp³-hybridized carbons (Fsp3) is 0.900. The first-order chi connectivity index (χ1) is 7.70. The van der Waals surface area contributed by atoms with Crippen LogP contribution in [0.3, 0.4) is 0 Å². The summed E-state index contributed by atoms with van der Waals surface area (Å²) in [5, 5.41) is 5.66. The van der Waals surface area contributed by atoms with Gasteiger partial charge in [0, 0.05) is 39.3 Å². The van der Waals surface area contributed by atoms with Crippen LogP contribution in [0.2, 0.25) is 0 Å². The molecule has 0 aliphatic carbocycles. The molecule has 0 atom stereocenters. The molecule has 4 N–H and O–H groups in total. The van der Waals surface area contributed by atoms with Crippen molar-refractivity contribution in [3.8, 4) is 0 Å². The van der Waals surface area contributed by atoms with Crippen molar-refractivity contribution in [1.29, 1.82) is 0 Å². The minimum Gasteiger partial charge on any atom is -0.353 e. The van der Waals surface area contributed by atoms with Crippen LogP contribution in [0.25, 0.3) is 0 Å². The van der Waals surface area contributed by atoms with Crippen molar-refractivity contribution in [2.24, 2.45) is 5.73 Å². The lowest BCUT2D eigenvalue weighted by atomic mass is 10.4. The van der Waals surface area contributed by atoms with Crippen molar-refractivity contribution < 1.29 is 14.3 Å². The van der Waals surface area contributed by atoms with Crippen LogP contribution in [0, 0.1) is 0 Å². The molecule has 0 bridgehead atoms. The Kier molecular flexibility index (Phi) is 10.1. The molecule has 0 spiro atoms. The maximum absolute atomic E-state index is 10.4. The third kappa shape index (κ3) is 9.70. The highest BCUT2D eigenvalue weighted by molar-refractivity contribution is 5.71. The van der Waals surface area contributed by atoms with Gasteiger partial charge in [0.2, 0.25) is 0 Å². The normalized spacial score (nSPS) is 10.7. The number of urea groups is 1. The summed E-state index contributed by atoms with van der Waals surface area (Å²) in [5.41, 5.74) is 4.92. The zero-order valence-corrected chi connectivity index (χ0v) is 10.1. The monoisotopic (exact) mass is 233 g/mol. The predicted molar refractivity (Wildman–Crippen MR) is 62.1 cm³/mol. The topological polar surface area (TPSA) is 85.6 Å². The van der Waals surface area contributed by atoms with E-state index in [1.807, 2.05) is 13.8 Å². The molecule has 0 fully saturated rings. The van der Waals surface area contributed by atoms with Gasteiger partial charge in [-0.25, -0.2) is 4.79 Å². The number of nitrogens with one attached hydrogen (secondary N) is 2. The highest BCUT2D eigenvalue weighted by Gasteiger charge is 2.06. The van der Waals surface area contributed by atoms with Crippen LogP contribution < -0.4 is 16.4 Å². The Labute approximate surface area is 96.9 Å². The molecule has 96 valence electrons. The number of rotatable bonds is 10. The fourth-order valence-electron chi connectivity index (χ4n) is 1.21. The number of carbonyl (C=O) groups excluding carboxylic acids is 1. The first kappa shape index (κ1) is 15.2. The summed E-state index contributed by atoms with van der Waals surface area (Å²) >= 11 is 0. The summed E-state index contributed by atoms with van der Waals surface area (Å²) < 4.78 is 10.8. The second-order valence-electron chi connectivity index (χ2n) is 3.17. The smallest absolute Gasteiger partial charge is 0.312 e. The summed E-state index contributed by atoms with van der Waals surface area (Å²) in [6, 6.07) is -0.497. The molecule has 0 radical (unpaired) electrons. The van der Waals surface area contributed by atoms with Crippen LogP contribution in [-0.4, -0.2) is 45.2 Å². The number of hydrogen-bond acceptors (Lipinski definition) is 4. The Balaban J connectivity index is 3.35. The lowest BCUT2D eigenvalue weighted by molar-refractivity contribution is -0.138. The van der Waals surface area contributed by atoms with E-state index in [0.29, 0.717) is 26.3 Å². The molecular formula is C10H23N3O3. The third-order valence-electron chi connectivity index (χ3n) is 1.86. The van der Waals surface area contributed by atoms with Crippen LogP contribution in [0.4, 0.5) is 4.79 Å². The maximum Gasteiger partial charge on any atom is 0.312 e. The highest BCUT2D eigenvalue weighted by atomic mass is 16.7. The summed E-state index contributed by atoms with van der Waals surface area (Å²) in [6.07, 6.45) is 0.643. The van der Waals surface area contributed by atoms with Gasteiger partial charge in [0.1, 0.15) is 0 Å². The van der Waals surface area contributed by atoms with Crippen molar-refractivity contribution >= 4 is 6.03 Å². The SMILES string of the molecule is CCOC(CCNCCNC(N)=O)OCC. The molecule has 0 aromatic carbocycles. The summed E-state index contributed by atoms with van der Waals surface area (Å²) in [6.45, 7) is 7.18. The van der Waals surface area contributed by atoms with E-state index in [0.717, 1.165) is 13.0 Å². The third-order valence-corrected chi connectivity index (χ3v) is 1.86. The van der Waals surface area contributed by atoms with Crippen LogP contribution >= 0.6 is 0 Å². The zero-order valence-electron chi connectivity index (χ0n) is 10.1. The van der Waals surface area contributed by atoms with Crippen molar-refractivity contribution in [2.75, 3.05) is 32.8 Å². The first-order valence-corrected chi connectivity index (χ1v) is 5.67. The minimum absolute atomic E-state index is 0.147. The number of amides is 2. The van der Waals surface area contributed by atoms with Crippen molar-refractivity contribution in [3.05, 3.63) is 0 Å². The van der Waals surface area contributed by atoms with Gasteiger partial charge >= 0.3 is 6.03 Å². The van der Waals surface area contributed by atoms with Crippen LogP contribution in [-0.2, 0) is 9.47 Å². The molecule has 0 unspecified atom stereocenters. The summed E-state index contributed by atoms with van der Waals surface area (Å²) in [4.78, 5) is 10.4. The zero-order chi connectivity index (χ0) is 12.2. The Morgan fingerprint density at radius 1 is 1.19 bits per heavy atom. The van der Waals surface area contributed by atoms with Gasteiger partial charge in [-0.05, 0) is 13.8 Å². The molecule has 2 amide bonds. The van der Waals surface area contributed by atoms with Gasteiger partial charge in [-0.2, -0.15) is 0 Å². The molecule has 0 heterocycles. The average Bonchev–Trinajstić information content (AvgIpc) is 2.23. The molecule has 0 aromatic rings. The van der Waals surface area contributed by atoms with Gasteiger partial charge in [0.05, 0.1) is 0 Å². The summed E-state index contributed by atoms with van der Waals surface area (Å²) in [7, 11) is 0. The molecular weight excluding hydrogens is 210 g/mol. The Hall–Kier alpha value is -0.850. The van der Waals surface area contributed by atoms with E-state index >= 15 is 0 Å². The van der Waals surface area contributed by atoms with Gasteiger partial charge in [-0.15, -0.1) is 0 Å². The van der Waals surface area contributed by atoms with Crippen LogP contribution in [0.5, 0.6) is 0 Å². The Bertz CT molecular complexity index is 173. The van der Waals surface area contributed by atoms with E-state index in [-0.39, 0.29) is 6.29 Å². The molecule has 0 aromatic heterocycles. The number of primary amides is 1. The lowest BCUT2D eigenvalue weighted by Crippen LogP contribution is -2.36. The van der Waals surface area contributed by atoms with Crippen LogP contribution in [0.15, 0.2) is 0 Å². The van der Waals surface area contributed by atoms with E-state index in [2.05, 4.69) is 10.6 Å². The molecule has 6 nitrogen and oxygen atoms in total. The largest absolute Gasteiger partial charge is 0.353 e.